The van der Waals surface area contributed by atoms with Crippen LogP contribution in [0.5, 0.6) is 0 Å². The lowest BCUT2D eigenvalue weighted by Crippen LogP contribution is -2.29. The highest BCUT2D eigenvalue weighted by Gasteiger charge is 2.31. The number of hydrogen-bond donors (Lipinski definition) is 0. The van der Waals surface area contributed by atoms with E-state index >= 15 is 0 Å². The molecule has 2 rings (SSSR count). The summed E-state index contributed by atoms with van der Waals surface area (Å²) in [4.78, 5) is 11.4. The predicted octanol–water partition coefficient (Wildman–Crippen LogP) is 3.51. The fraction of sp³-hybridized carbons (Fsp3) is 0.188. The Kier molecular flexibility index (Phi) is 3.47. The number of rotatable bonds is 3. The lowest BCUT2D eigenvalue weighted by molar-refractivity contribution is -0.152. The molecule has 0 aliphatic rings. The predicted molar refractivity (Wildman–Crippen MR) is 71.1 cm³/mol. The van der Waals surface area contributed by atoms with Crippen molar-refractivity contribution in [3.05, 3.63) is 71.8 Å². The topological polar surface area (TPSA) is 26.3 Å². The first-order valence-corrected chi connectivity index (χ1v) is 5.93. The minimum absolute atomic E-state index is 0.287. The van der Waals surface area contributed by atoms with Crippen LogP contribution in [0.1, 0.15) is 25.0 Å². The fourth-order valence-corrected chi connectivity index (χ4v) is 2.08. The first-order chi connectivity index (χ1) is 8.63. The van der Waals surface area contributed by atoms with Crippen molar-refractivity contribution in [2.75, 3.05) is 0 Å². The molecule has 2 aromatic rings. The van der Waals surface area contributed by atoms with Gasteiger partial charge in [-0.05, 0) is 18.1 Å². The van der Waals surface area contributed by atoms with Gasteiger partial charge in [-0.1, -0.05) is 60.7 Å². The van der Waals surface area contributed by atoms with E-state index in [0.29, 0.717) is 0 Å². The van der Waals surface area contributed by atoms with Crippen molar-refractivity contribution in [2.45, 2.75) is 19.4 Å². The van der Waals surface area contributed by atoms with E-state index in [-0.39, 0.29) is 5.97 Å². The second-order valence-corrected chi connectivity index (χ2v) is 4.36. The molecule has 0 unspecified atom stereocenters. The Bertz CT molecular complexity index is 478. The van der Waals surface area contributed by atoms with Gasteiger partial charge in [0.15, 0.2) is 5.60 Å². The van der Waals surface area contributed by atoms with Crippen LogP contribution < -0.4 is 0 Å². The summed E-state index contributed by atoms with van der Waals surface area (Å²) >= 11 is 0. The molecule has 0 aliphatic carbocycles. The van der Waals surface area contributed by atoms with E-state index in [2.05, 4.69) is 0 Å². The van der Waals surface area contributed by atoms with E-state index in [1.165, 1.54) is 6.92 Å². The zero-order valence-electron chi connectivity index (χ0n) is 10.6. The number of ether oxygens (including phenoxy) is 1. The molecule has 0 bridgehead atoms. The van der Waals surface area contributed by atoms with Crippen LogP contribution >= 0.6 is 0 Å². The maximum Gasteiger partial charge on any atom is 0.303 e. The van der Waals surface area contributed by atoms with E-state index in [0.717, 1.165) is 11.1 Å². The van der Waals surface area contributed by atoms with E-state index < -0.39 is 5.60 Å². The minimum atomic E-state index is -0.742. The summed E-state index contributed by atoms with van der Waals surface area (Å²) in [5.41, 5.74) is 1.19. The molecule has 18 heavy (non-hydrogen) atoms. The summed E-state index contributed by atoms with van der Waals surface area (Å²) in [7, 11) is 0. The van der Waals surface area contributed by atoms with Crippen molar-refractivity contribution < 1.29 is 9.53 Å². The molecule has 0 radical (unpaired) electrons. The summed E-state index contributed by atoms with van der Waals surface area (Å²) in [5, 5.41) is 0. The molecule has 0 saturated heterocycles. The van der Waals surface area contributed by atoms with E-state index in [9.17, 15) is 4.79 Å². The van der Waals surface area contributed by atoms with Crippen LogP contribution in [0.4, 0.5) is 0 Å². The van der Waals surface area contributed by atoms with Gasteiger partial charge < -0.3 is 4.74 Å². The maximum absolute atomic E-state index is 11.4. The summed E-state index contributed by atoms with van der Waals surface area (Å²) in [6.07, 6.45) is 0. The normalized spacial score (nSPS) is 11.0. The lowest BCUT2D eigenvalue weighted by atomic mass is 9.88. The third kappa shape index (κ3) is 2.43. The molecule has 0 aromatic heterocycles. The Morgan fingerprint density at radius 1 is 0.889 bits per heavy atom. The van der Waals surface area contributed by atoms with E-state index in [1.54, 1.807) is 0 Å². The van der Waals surface area contributed by atoms with Crippen LogP contribution in [-0.2, 0) is 15.1 Å². The Balaban J connectivity index is 2.51. The molecule has 0 spiro atoms. The highest BCUT2D eigenvalue weighted by molar-refractivity contribution is 5.67. The van der Waals surface area contributed by atoms with Gasteiger partial charge in [-0.15, -0.1) is 0 Å². The molecule has 0 atom stereocenters. The Labute approximate surface area is 107 Å². The third-order valence-corrected chi connectivity index (χ3v) is 3.00. The first kappa shape index (κ1) is 12.4. The third-order valence-electron chi connectivity index (χ3n) is 3.00. The standard InChI is InChI=1S/C16H16O2/c1-13(17)18-16(2,14-9-5-3-6-10-14)15-11-7-4-8-12-15/h3-12H,1-2H3. The van der Waals surface area contributed by atoms with Crippen molar-refractivity contribution in [3.8, 4) is 0 Å². The minimum Gasteiger partial charge on any atom is -0.450 e. The second-order valence-electron chi connectivity index (χ2n) is 4.36. The van der Waals surface area contributed by atoms with Crippen LogP contribution in [0.3, 0.4) is 0 Å². The molecule has 0 amide bonds. The SMILES string of the molecule is CC(=O)OC(C)(c1ccccc1)c1ccccc1. The molecular weight excluding hydrogens is 224 g/mol. The first-order valence-electron chi connectivity index (χ1n) is 5.93. The smallest absolute Gasteiger partial charge is 0.303 e. The maximum atomic E-state index is 11.4. The van der Waals surface area contributed by atoms with Crippen LogP contribution in [0.25, 0.3) is 0 Å². The van der Waals surface area contributed by atoms with Gasteiger partial charge >= 0.3 is 5.97 Å². The quantitative estimate of drug-likeness (QED) is 0.767. The number of carbonyl (C=O) groups is 1. The second kappa shape index (κ2) is 5.05. The van der Waals surface area contributed by atoms with Crippen molar-refractivity contribution in [1.29, 1.82) is 0 Å². The highest BCUT2D eigenvalue weighted by atomic mass is 16.6. The Morgan fingerprint density at radius 2 is 1.28 bits per heavy atom. The molecule has 2 aromatic carbocycles. The summed E-state index contributed by atoms with van der Waals surface area (Å²) in [6, 6.07) is 19.5. The van der Waals surface area contributed by atoms with Gasteiger partial charge in [-0.2, -0.15) is 0 Å². The van der Waals surface area contributed by atoms with Gasteiger partial charge in [-0.25, -0.2) is 0 Å². The fourth-order valence-electron chi connectivity index (χ4n) is 2.08. The molecule has 0 N–H and O–H groups in total. The van der Waals surface area contributed by atoms with Crippen LogP contribution in [0, 0.1) is 0 Å². The Morgan fingerprint density at radius 3 is 1.61 bits per heavy atom. The molecule has 2 nitrogen and oxygen atoms in total. The number of hydrogen-bond acceptors (Lipinski definition) is 2. The highest BCUT2D eigenvalue weighted by Crippen LogP contribution is 2.33. The van der Waals surface area contributed by atoms with Gasteiger partial charge in [0, 0.05) is 6.92 Å². The van der Waals surface area contributed by atoms with Crippen molar-refractivity contribution in [2.24, 2.45) is 0 Å². The molecule has 0 heterocycles. The molecular formula is C16H16O2. The number of carbonyl (C=O) groups excluding carboxylic acids is 1. The van der Waals surface area contributed by atoms with Gasteiger partial charge in [0.2, 0.25) is 0 Å². The van der Waals surface area contributed by atoms with Gasteiger partial charge in [-0.3, -0.25) is 4.79 Å². The zero-order valence-corrected chi connectivity index (χ0v) is 10.6. The van der Waals surface area contributed by atoms with Crippen LogP contribution in [0.15, 0.2) is 60.7 Å². The molecule has 0 saturated carbocycles. The summed E-state index contributed by atoms with van der Waals surface area (Å²) < 4.78 is 5.57. The lowest BCUT2D eigenvalue weighted by Gasteiger charge is -2.30. The molecule has 2 heteroatoms. The van der Waals surface area contributed by atoms with Gasteiger partial charge in [0.05, 0.1) is 0 Å². The molecule has 92 valence electrons. The van der Waals surface area contributed by atoms with Crippen molar-refractivity contribution in [1.82, 2.24) is 0 Å². The summed E-state index contributed by atoms with van der Waals surface area (Å²) in [6.45, 7) is 3.35. The van der Waals surface area contributed by atoms with E-state index in [4.69, 9.17) is 4.74 Å². The van der Waals surface area contributed by atoms with Gasteiger partial charge in [0.25, 0.3) is 0 Å². The van der Waals surface area contributed by atoms with Crippen molar-refractivity contribution >= 4 is 5.97 Å². The van der Waals surface area contributed by atoms with Gasteiger partial charge in [0.1, 0.15) is 0 Å². The van der Waals surface area contributed by atoms with Crippen molar-refractivity contribution in [3.63, 3.8) is 0 Å². The molecule has 0 aliphatic heterocycles. The number of esters is 1. The average Bonchev–Trinajstić information content (AvgIpc) is 2.40. The average molecular weight is 240 g/mol. The van der Waals surface area contributed by atoms with Crippen LogP contribution in [-0.4, -0.2) is 5.97 Å². The zero-order chi connectivity index (χ0) is 13.0. The number of benzene rings is 2. The Hall–Kier alpha value is -2.09. The summed E-state index contributed by atoms with van der Waals surface area (Å²) in [5.74, 6) is -0.287. The molecule has 0 fully saturated rings. The van der Waals surface area contributed by atoms with Crippen LogP contribution in [0.2, 0.25) is 0 Å². The largest absolute Gasteiger partial charge is 0.450 e. The van der Waals surface area contributed by atoms with E-state index in [1.807, 2.05) is 67.6 Å². The monoisotopic (exact) mass is 240 g/mol.